The summed E-state index contributed by atoms with van der Waals surface area (Å²) in [6.45, 7) is 8.17. The van der Waals surface area contributed by atoms with E-state index in [0.717, 1.165) is 6.42 Å². The molecule has 1 aromatic carbocycles. The van der Waals surface area contributed by atoms with E-state index in [1.165, 1.54) is 11.1 Å². The highest BCUT2D eigenvalue weighted by Gasteiger charge is 2.26. The van der Waals surface area contributed by atoms with Crippen LogP contribution in [0.1, 0.15) is 44.2 Å². The third-order valence-corrected chi connectivity index (χ3v) is 4.31. The lowest BCUT2D eigenvalue weighted by atomic mass is 10.00. The molecule has 0 radical (unpaired) electrons. The monoisotopic (exact) mass is 304 g/mol. The minimum atomic E-state index is -0.0424. The summed E-state index contributed by atoms with van der Waals surface area (Å²) in [5, 5.41) is 0. The van der Waals surface area contributed by atoms with Gasteiger partial charge in [-0.25, -0.2) is 0 Å². The van der Waals surface area contributed by atoms with Gasteiger partial charge in [0, 0.05) is 25.6 Å². The molecule has 22 heavy (non-hydrogen) atoms. The van der Waals surface area contributed by atoms with E-state index >= 15 is 0 Å². The molecule has 1 aromatic rings. The molecule has 2 unspecified atom stereocenters. The molecule has 0 bridgehead atoms. The van der Waals surface area contributed by atoms with Crippen molar-refractivity contribution in [1.82, 2.24) is 4.90 Å². The molecule has 1 amide bonds. The Morgan fingerprint density at radius 2 is 2.00 bits per heavy atom. The van der Waals surface area contributed by atoms with E-state index in [-0.39, 0.29) is 18.1 Å². The minimum absolute atomic E-state index is 0.0389. The van der Waals surface area contributed by atoms with Crippen LogP contribution in [0, 0.1) is 0 Å². The van der Waals surface area contributed by atoms with Crippen LogP contribution in [-0.2, 0) is 16.0 Å². The fourth-order valence-corrected chi connectivity index (χ4v) is 2.70. The third-order valence-electron chi connectivity index (χ3n) is 4.31. The molecule has 0 spiro atoms. The third kappa shape index (κ3) is 4.55. The average molecular weight is 304 g/mol. The van der Waals surface area contributed by atoms with E-state index in [9.17, 15) is 4.79 Å². The van der Waals surface area contributed by atoms with Crippen LogP contribution < -0.4 is 5.73 Å². The van der Waals surface area contributed by atoms with Gasteiger partial charge in [-0.05, 0) is 30.4 Å². The molecule has 0 aliphatic carbocycles. The standard InChI is InChI=1S/C18H28N2O2/c1-13(2)16-7-4-15(5-8-16)6-9-18(21)20-10-11-22-17(12-20)14(3)19/h4-5,7-8,13-14,17H,6,9-12,19H2,1-3H3. The lowest BCUT2D eigenvalue weighted by Crippen LogP contribution is -2.51. The predicted molar refractivity (Wildman–Crippen MR) is 88.8 cm³/mol. The van der Waals surface area contributed by atoms with Gasteiger partial charge in [0.1, 0.15) is 0 Å². The zero-order valence-electron chi connectivity index (χ0n) is 13.9. The van der Waals surface area contributed by atoms with Gasteiger partial charge in [0.15, 0.2) is 0 Å². The van der Waals surface area contributed by atoms with E-state index < -0.39 is 0 Å². The molecule has 1 aliphatic heterocycles. The number of carbonyl (C=O) groups is 1. The van der Waals surface area contributed by atoms with Crippen molar-refractivity contribution in [3.8, 4) is 0 Å². The van der Waals surface area contributed by atoms with Crippen molar-refractivity contribution >= 4 is 5.91 Å². The number of nitrogens with zero attached hydrogens (tertiary/aromatic N) is 1. The van der Waals surface area contributed by atoms with Crippen LogP contribution in [0.25, 0.3) is 0 Å². The van der Waals surface area contributed by atoms with Crippen molar-refractivity contribution in [2.45, 2.75) is 51.7 Å². The molecule has 1 fully saturated rings. The van der Waals surface area contributed by atoms with E-state index in [2.05, 4.69) is 38.1 Å². The Hall–Kier alpha value is -1.39. The first-order valence-corrected chi connectivity index (χ1v) is 8.21. The molecule has 2 N–H and O–H groups in total. The van der Waals surface area contributed by atoms with Crippen molar-refractivity contribution in [2.75, 3.05) is 19.7 Å². The molecular formula is C18H28N2O2. The predicted octanol–water partition coefficient (Wildman–Crippen LogP) is 2.32. The molecule has 2 rings (SSSR count). The summed E-state index contributed by atoms with van der Waals surface area (Å²) < 4.78 is 5.60. The molecule has 122 valence electrons. The molecule has 1 aliphatic rings. The van der Waals surface area contributed by atoms with Gasteiger partial charge in [-0.15, -0.1) is 0 Å². The summed E-state index contributed by atoms with van der Waals surface area (Å²) in [5.74, 6) is 0.737. The summed E-state index contributed by atoms with van der Waals surface area (Å²) in [6, 6.07) is 8.54. The van der Waals surface area contributed by atoms with Gasteiger partial charge < -0.3 is 15.4 Å². The zero-order chi connectivity index (χ0) is 16.1. The fraction of sp³-hybridized carbons (Fsp3) is 0.611. The number of ether oxygens (including phenoxy) is 1. The highest BCUT2D eigenvalue weighted by atomic mass is 16.5. The lowest BCUT2D eigenvalue weighted by Gasteiger charge is -2.34. The van der Waals surface area contributed by atoms with Gasteiger partial charge in [0.2, 0.25) is 5.91 Å². The normalized spacial score (nSPS) is 20.2. The van der Waals surface area contributed by atoms with Crippen LogP contribution in [0.4, 0.5) is 0 Å². The quantitative estimate of drug-likeness (QED) is 0.908. The molecule has 4 nitrogen and oxygen atoms in total. The number of hydrogen-bond donors (Lipinski definition) is 1. The van der Waals surface area contributed by atoms with Crippen molar-refractivity contribution < 1.29 is 9.53 Å². The Morgan fingerprint density at radius 3 is 2.59 bits per heavy atom. The van der Waals surface area contributed by atoms with Gasteiger partial charge in [0.05, 0.1) is 12.7 Å². The SMILES string of the molecule is CC(C)c1ccc(CCC(=O)N2CCOC(C(C)N)C2)cc1. The summed E-state index contributed by atoms with van der Waals surface area (Å²) >= 11 is 0. The maximum Gasteiger partial charge on any atom is 0.223 e. The Morgan fingerprint density at radius 1 is 1.32 bits per heavy atom. The topological polar surface area (TPSA) is 55.6 Å². The van der Waals surface area contributed by atoms with Crippen molar-refractivity contribution in [3.63, 3.8) is 0 Å². The van der Waals surface area contributed by atoms with Gasteiger partial charge >= 0.3 is 0 Å². The molecule has 2 atom stereocenters. The van der Waals surface area contributed by atoms with Crippen LogP contribution in [0.3, 0.4) is 0 Å². The second kappa shape index (κ2) is 7.75. The number of morpholine rings is 1. The number of rotatable bonds is 5. The van der Waals surface area contributed by atoms with Gasteiger partial charge in [-0.3, -0.25) is 4.79 Å². The second-order valence-corrected chi connectivity index (χ2v) is 6.50. The molecule has 0 aromatic heterocycles. The molecular weight excluding hydrogens is 276 g/mol. The smallest absolute Gasteiger partial charge is 0.223 e. The highest BCUT2D eigenvalue weighted by molar-refractivity contribution is 5.76. The molecule has 1 heterocycles. The maximum atomic E-state index is 12.3. The van der Waals surface area contributed by atoms with E-state index in [1.54, 1.807) is 0 Å². The maximum absolute atomic E-state index is 12.3. The van der Waals surface area contributed by atoms with E-state index in [1.807, 2.05) is 11.8 Å². The van der Waals surface area contributed by atoms with Gasteiger partial charge in [-0.1, -0.05) is 38.1 Å². The number of amides is 1. The van der Waals surface area contributed by atoms with Gasteiger partial charge in [0.25, 0.3) is 0 Å². The molecule has 1 saturated heterocycles. The average Bonchev–Trinajstić information content (AvgIpc) is 2.53. The lowest BCUT2D eigenvalue weighted by molar-refractivity contribution is -0.139. The first-order chi connectivity index (χ1) is 10.5. The fourth-order valence-electron chi connectivity index (χ4n) is 2.70. The summed E-state index contributed by atoms with van der Waals surface area (Å²) in [6.07, 6.45) is 1.30. The Bertz CT molecular complexity index is 482. The number of hydrogen-bond acceptors (Lipinski definition) is 3. The summed E-state index contributed by atoms with van der Waals surface area (Å²) in [5.41, 5.74) is 8.42. The number of aryl methyl sites for hydroxylation is 1. The minimum Gasteiger partial charge on any atom is -0.373 e. The van der Waals surface area contributed by atoms with Crippen LogP contribution in [-0.4, -0.2) is 42.6 Å². The van der Waals surface area contributed by atoms with Gasteiger partial charge in [-0.2, -0.15) is 0 Å². The highest BCUT2D eigenvalue weighted by Crippen LogP contribution is 2.16. The number of benzene rings is 1. The first kappa shape index (κ1) is 17.0. The van der Waals surface area contributed by atoms with Crippen LogP contribution in [0.15, 0.2) is 24.3 Å². The van der Waals surface area contributed by atoms with Crippen LogP contribution in [0.2, 0.25) is 0 Å². The zero-order valence-corrected chi connectivity index (χ0v) is 13.9. The number of carbonyl (C=O) groups excluding carboxylic acids is 1. The second-order valence-electron chi connectivity index (χ2n) is 6.50. The summed E-state index contributed by atoms with van der Waals surface area (Å²) in [7, 11) is 0. The van der Waals surface area contributed by atoms with Crippen LogP contribution >= 0.6 is 0 Å². The molecule has 4 heteroatoms. The number of nitrogens with two attached hydrogens (primary N) is 1. The van der Waals surface area contributed by atoms with Crippen LogP contribution in [0.5, 0.6) is 0 Å². The van der Waals surface area contributed by atoms with Crippen molar-refractivity contribution in [3.05, 3.63) is 35.4 Å². The Kier molecular flexibility index (Phi) is 5.98. The summed E-state index contributed by atoms with van der Waals surface area (Å²) in [4.78, 5) is 14.2. The van der Waals surface area contributed by atoms with E-state index in [0.29, 0.717) is 32.0 Å². The van der Waals surface area contributed by atoms with Crippen molar-refractivity contribution in [2.24, 2.45) is 5.73 Å². The Labute approximate surface area is 133 Å². The van der Waals surface area contributed by atoms with Crippen molar-refractivity contribution in [1.29, 1.82) is 0 Å². The Balaban J connectivity index is 1.84. The largest absolute Gasteiger partial charge is 0.373 e. The first-order valence-electron chi connectivity index (χ1n) is 8.21. The molecule has 0 saturated carbocycles. The van der Waals surface area contributed by atoms with E-state index in [4.69, 9.17) is 10.5 Å².